The monoisotopic (exact) mass is 565 g/mol. The first-order valence-corrected chi connectivity index (χ1v) is 11.7. The molecular formula is C25H36IN5O2. The topological polar surface area (TPSA) is 71.0 Å². The molecule has 2 heterocycles. The van der Waals surface area contributed by atoms with Crippen molar-refractivity contribution >= 4 is 35.8 Å². The number of guanidine groups is 1. The second-order valence-electron chi connectivity index (χ2n) is 8.52. The Morgan fingerprint density at radius 2 is 1.91 bits per heavy atom. The molecular weight excluding hydrogens is 529 g/mol. The molecule has 1 saturated carbocycles. The van der Waals surface area contributed by atoms with Crippen LogP contribution in [0.15, 0.2) is 47.6 Å². The van der Waals surface area contributed by atoms with Crippen molar-refractivity contribution in [2.45, 2.75) is 57.2 Å². The van der Waals surface area contributed by atoms with Gasteiger partial charge in [0.15, 0.2) is 5.96 Å². The van der Waals surface area contributed by atoms with Gasteiger partial charge < -0.3 is 25.0 Å². The van der Waals surface area contributed by atoms with Crippen LogP contribution >= 0.6 is 24.0 Å². The fourth-order valence-electron chi connectivity index (χ4n) is 4.46. The molecule has 7 nitrogen and oxygen atoms in total. The van der Waals surface area contributed by atoms with E-state index in [9.17, 15) is 0 Å². The van der Waals surface area contributed by atoms with Gasteiger partial charge in [-0.25, -0.2) is 4.98 Å². The summed E-state index contributed by atoms with van der Waals surface area (Å²) in [6, 6.07) is 12.5. The highest BCUT2D eigenvalue weighted by Gasteiger charge is 2.21. The summed E-state index contributed by atoms with van der Waals surface area (Å²) < 4.78 is 11.7. The molecule has 2 N–H and O–H groups in total. The number of rotatable bonds is 7. The van der Waals surface area contributed by atoms with Crippen LogP contribution in [0.3, 0.4) is 0 Å². The van der Waals surface area contributed by atoms with Gasteiger partial charge in [-0.2, -0.15) is 0 Å². The molecule has 2 fully saturated rings. The van der Waals surface area contributed by atoms with E-state index in [1.807, 2.05) is 37.5 Å². The molecule has 0 radical (unpaired) electrons. The Balaban J connectivity index is 0.00000306. The summed E-state index contributed by atoms with van der Waals surface area (Å²) in [4.78, 5) is 11.3. The lowest BCUT2D eigenvalue weighted by atomic mass is 10.1. The summed E-state index contributed by atoms with van der Waals surface area (Å²) in [6.45, 7) is 2.63. The van der Waals surface area contributed by atoms with Gasteiger partial charge in [0.2, 0.25) is 0 Å². The van der Waals surface area contributed by atoms with Crippen LogP contribution in [0.25, 0.3) is 0 Å². The first kappa shape index (κ1) is 25.4. The van der Waals surface area contributed by atoms with E-state index in [-0.39, 0.29) is 24.0 Å². The van der Waals surface area contributed by atoms with Gasteiger partial charge in [0.1, 0.15) is 17.3 Å². The number of piperidine rings is 1. The molecule has 2 aromatic rings. The SMILES string of the molecule is CN=C(NCc1ccc(OC)cc1OC1CCCC1)NC1CCN(c2ccccn2)CC1.I. The average Bonchev–Trinajstić information content (AvgIpc) is 3.36. The first-order chi connectivity index (χ1) is 15.7. The summed E-state index contributed by atoms with van der Waals surface area (Å²) in [7, 11) is 3.51. The lowest BCUT2D eigenvalue weighted by molar-refractivity contribution is 0.207. The minimum Gasteiger partial charge on any atom is -0.497 e. The predicted molar refractivity (Wildman–Crippen MR) is 144 cm³/mol. The minimum atomic E-state index is 0. The Labute approximate surface area is 214 Å². The second kappa shape index (κ2) is 12.9. The summed E-state index contributed by atoms with van der Waals surface area (Å²) >= 11 is 0. The van der Waals surface area contributed by atoms with Crippen molar-refractivity contribution in [3.05, 3.63) is 48.2 Å². The molecule has 1 aromatic heterocycles. The number of nitrogens with one attached hydrogen (secondary N) is 2. The van der Waals surface area contributed by atoms with Crippen LogP contribution in [0.5, 0.6) is 11.5 Å². The number of halogens is 1. The van der Waals surface area contributed by atoms with Crippen molar-refractivity contribution in [3.63, 3.8) is 0 Å². The highest BCUT2D eigenvalue weighted by Crippen LogP contribution is 2.30. The lowest BCUT2D eigenvalue weighted by Crippen LogP contribution is -2.48. The van der Waals surface area contributed by atoms with E-state index in [4.69, 9.17) is 9.47 Å². The van der Waals surface area contributed by atoms with Crippen molar-refractivity contribution in [2.75, 3.05) is 32.1 Å². The fourth-order valence-corrected chi connectivity index (χ4v) is 4.46. The van der Waals surface area contributed by atoms with Gasteiger partial charge in [-0.15, -0.1) is 24.0 Å². The summed E-state index contributed by atoms with van der Waals surface area (Å²) in [5.74, 6) is 3.61. The van der Waals surface area contributed by atoms with E-state index in [1.54, 1.807) is 7.11 Å². The van der Waals surface area contributed by atoms with Gasteiger partial charge in [0.25, 0.3) is 0 Å². The maximum atomic E-state index is 6.33. The largest absolute Gasteiger partial charge is 0.497 e. The molecule has 4 rings (SSSR count). The normalized spacial score (nSPS) is 17.4. The van der Waals surface area contributed by atoms with E-state index in [1.165, 1.54) is 12.8 Å². The highest BCUT2D eigenvalue weighted by molar-refractivity contribution is 14.0. The van der Waals surface area contributed by atoms with Crippen molar-refractivity contribution in [1.29, 1.82) is 0 Å². The van der Waals surface area contributed by atoms with Crippen molar-refractivity contribution in [1.82, 2.24) is 15.6 Å². The molecule has 0 spiro atoms. The number of ether oxygens (including phenoxy) is 2. The average molecular weight is 566 g/mol. The van der Waals surface area contributed by atoms with Crippen LogP contribution in [0, 0.1) is 0 Å². The zero-order valence-electron chi connectivity index (χ0n) is 19.6. The first-order valence-electron chi connectivity index (χ1n) is 11.7. The number of benzene rings is 1. The van der Waals surface area contributed by atoms with Crippen LogP contribution in [0.1, 0.15) is 44.1 Å². The third-order valence-electron chi connectivity index (χ3n) is 6.35. The molecule has 0 atom stereocenters. The van der Waals surface area contributed by atoms with Crippen molar-refractivity contribution in [2.24, 2.45) is 4.99 Å². The quantitative estimate of drug-likeness (QED) is 0.296. The lowest BCUT2D eigenvalue weighted by Gasteiger charge is -2.33. The van der Waals surface area contributed by atoms with E-state index >= 15 is 0 Å². The molecule has 0 bridgehead atoms. The van der Waals surface area contributed by atoms with Gasteiger partial charge >= 0.3 is 0 Å². The standard InChI is InChI=1S/C25H35N5O2.HI/c1-26-25(29-20-12-15-30(16-13-20)24-9-5-6-14-27-24)28-18-19-10-11-22(31-2)17-23(19)32-21-7-3-4-8-21;/h5-6,9-11,14,17,20-21H,3-4,7-8,12-13,15-16,18H2,1-2H3,(H2,26,28,29);1H. The molecule has 2 aliphatic rings. The fraction of sp³-hybridized carbons (Fsp3) is 0.520. The predicted octanol–water partition coefficient (Wildman–Crippen LogP) is 4.36. The van der Waals surface area contributed by atoms with Crippen LogP contribution in [-0.2, 0) is 6.54 Å². The Kier molecular flexibility index (Phi) is 9.90. The molecule has 8 heteroatoms. The van der Waals surface area contributed by atoms with Gasteiger partial charge in [-0.3, -0.25) is 4.99 Å². The van der Waals surface area contributed by atoms with Crippen LogP contribution < -0.4 is 25.0 Å². The van der Waals surface area contributed by atoms with Crippen molar-refractivity contribution in [3.8, 4) is 11.5 Å². The maximum absolute atomic E-state index is 6.33. The Morgan fingerprint density at radius 3 is 2.58 bits per heavy atom. The molecule has 1 aliphatic carbocycles. The Hall–Kier alpha value is -2.23. The van der Waals surface area contributed by atoms with Gasteiger partial charge in [-0.1, -0.05) is 6.07 Å². The Morgan fingerprint density at radius 1 is 1.12 bits per heavy atom. The van der Waals surface area contributed by atoms with Gasteiger partial charge in [0.05, 0.1) is 13.2 Å². The zero-order valence-corrected chi connectivity index (χ0v) is 22.0. The van der Waals surface area contributed by atoms with Crippen LogP contribution in [-0.4, -0.2) is 50.3 Å². The third kappa shape index (κ3) is 7.12. The molecule has 1 saturated heterocycles. The van der Waals surface area contributed by atoms with Crippen LogP contribution in [0.2, 0.25) is 0 Å². The summed E-state index contributed by atoms with van der Waals surface area (Å²) in [5, 5.41) is 7.06. The molecule has 33 heavy (non-hydrogen) atoms. The summed E-state index contributed by atoms with van der Waals surface area (Å²) in [5.41, 5.74) is 1.12. The number of aliphatic imine (C=N–C) groups is 1. The Bertz CT molecular complexity index is 882. The maximum Gasteiger partial charge on any atom is 0.191 e. The molecule has 1 aromatic carbocycles. The number of anilines is 1. The zero-order chi connectivity index (χ0) is 22.2. The summed E-state index contributed by atoms with van der Waals surface area (Å²) in [6.07, 6.45) is 9.02. The highest BCUT2D eigenvalue weighted by atomic mass is 127. The second-order valence-corrected chi connectivity index (χ2v) is 8.52. The molecule has 180 valence electrons. The number of methoxy groups -OCH3 is 1. The number of aromatic nitrogens is 1. The number of nitrogens with zero attached hydrogens (tertiary/aromatic N) is 3. The molecule has 0 amide bonds. The van der Waals surface area contributed by atoms with Gasteiger partial charge in [-0.05, 0) is 62.8 Å². The minimum absolute atomic E-state index is 0. The smallest absolute Gasteiger partial charge is 0.191 e. The number of pyridine rings is 1. The molecule has 0 unspecified atom stereocenters. The third-order valence-corrected chi connectivity index (χ3v) is 6.35. The van der Waals surface area contributed by atoms with Crippen LogP contribution in [0.4, 0.5) is 5.82 Å². The van der Waals surface area contributed by atoms with E-state index in [0.29, 0.717) is 18.7 Å². The van der Waals surface area contributed by atoms with Gasteiger partial charge in [0, 0.05) is 50.6 Å². The van der Waals surface area contributed by atoms with E-state index < -0.39 is 0 Å². The number of hydrogen-bond acceptors (Lipinski definition) is 5. The van der Waals surface area contributed by atoms with E-state index in [2.05, 4.69) is 37.6 Å². The molecule has 1 aliphatic heterocycles. The van der Waals surface area contributed by atoms with Crippen molar-refractivity contribution < 1.29 is 9.47 Å². The number of hydrogen-bond donors (Lipinski definition) is 2. The van der Waals surface area contributed by atoms with E-state index in [0.717, 1.165) is 67.6 Å².